The Morgan fingerprint density at radius 1 is 1.17 bits per heavy atom. The molecule has 0 unspecified atom stereocenters. The van der Waals surface area contributed by atoms with Gasteiger partial charge in [0.25, 0.3) is 0 Å². The minimum absolute atomic E-state index is 0. The maximum absolute atomic E-state index is 11.4. The molecule has 2 N–H and O–H groups in total. The first-order valence-electron chi connectivity index (χ1n) is 8.14. The Balaban J connectivity index is 0.00000529. The Morgan fingerprint density at radius 3 is 2.29 bits per heavy atom. The van der Waals surface area contributed by atoms with E-state index in [-0.39, 0.29) is 24.0 Å². The molecule has 0 heterocycles. The summed E-state index contributed by atoms with van der Waals surface area (Å²) in [4.78, 5) is 4.91. The average Bonchev–Trinajstić information content (AvgIpc) is 2.46. The van der Waals surface area contributed by atoms with Gasteiger partial charge in [0.1, 0.15) is 0 Å². The standard InChI is InChI=1S/C17H29N3O2S.HI/c1-5-18-17(19-12-10-14(2)3)20-13-11-15-6-8-16(9-7-15)23(4,21)22;/h6-9,14H,5,10-13H2,1-4H3,(H2,18,19,20);1H. The van der Waals surface area contributed by atoms with Gasteiger partial charge in [-0.3, -0.25) is 4.99 Å². The number of rotatable bonds is 8. The smallest absolute Gasteiger partial charge is 0.191 e. The Morgan fingerprint density at radius 2 is 1.79 bits per heavy atom. The van der Waals surface area contributed by atoms with Crippen LogP contribution in [0.5, 0.6) is 0 Å². The number of benzene rings is 1. The summed E-state index contributed by atoms with van der Waals surface area (Å²) in [6.45, 7) is 8.83. The van der Waals surface area contributed by atoms with E-state index in [9.17, 15) is 8.42 Å². The fourth-order valence-corrected chi connectivity index (χ4v) is 2.64. The molecule has 0 saturated heterocycles. The summed E-state index contributed by atoms with van der Waals surface area (Å²) in [5.41, 5.74) is 1.10. The number of nitrogens with zero attached hydrogens (tertiary/aromatic N) is 1. The maximum atomic E-state index is 11.4. The van der Waals surface area contributed by atoms with Gasteiger partial charge in [-0.1, -0.05) is 26.0 Å². The summed E-state index contributed by atoms with van der Waals surface area (Å²) in [5.74, 6) is 1.48. The van der Waals surface area contributed by atoms with Crippen LogP contribution >= 0.6 is 24.0 Å². The molecule has 1 aromatic carbocycles. The van der Waals surface area contributed by atoms with Crippen LogP contribution in [0, 0.1) is 5.92 Å². The molecule has 0 aliphatic heterocycles. The molecule has 1 aromatic rings. The summed E-state index contributed by atoms with van der Waals surface area (Å²) in [7, 11) is -3.12. The van der Waals surface area contributed by atoms with Crippen LogP contribution in [0.2, 0.25) is 0 Å². The van der Waals surface area contributed by atoms with Crippen molar-refractivity contribution in [2.75, 3.05) is 25.9 Å². The zero-order valence-electron chi connectivity index (χ0n) is 15.0. The fourth-order valence-electron chi connectivity index (χ4n) is 2.00. The van der Waals surface area contributed by atoms with Crippen LogP contribution in [0.15, 0.2) is 34.2 Å². The van der Waals surface area contributed by atoms with Gasteiger partial charge in [-0.2, -0.15) is 0 Å². The molecule has 0 fully saturated rings. The van der Waals surface area contributed by atoms with E-state index >= 15 is 0 Å². The van der Waals surface area contributed by atoms with E-state index in [0.29, 0.717) is 10.8 Å². The van der Waals surface area contributed by atoms with E-state index < -0.39 is 9.84 Å². The quantitative estimate of drug-likeness (QED) is 0.351. The second kappa shape index (κ2) is 11.7. The number of halogens is 1. The van der Waals surface area contributed by atoms with Crippen molar-refractivity contribution < 1.29 is 8.42 Å². The molecule has 0 atom stereocenters. The van der Waals surface area contributed by atoms with Crippen LogP contribution in [0.25, 0.3) is 0 Å². The second-order valence-corrected chi connectivity index (χ2v) is 8.05. The van der Waals surface area contributed by atoms with Gasteiger partial charge in [-0.15, -0.1) is 24.0 Å². The van der Waals surface area contributed by atoms with Gasteiger partial charge < -0.3 is 10.6 Å². The van der Waals surface area contributed by atoms with Crippen LogP contribution in [-0.4, -0.2) is 40.3 Å². The van der Waals surface area contributed by atoms with Crippen molar-refractivity contribution in [1.82, 2.24) is 10.6 Å². The van der Waals surface area contributed by atoms with Crippen molar-refractivity contribution in [2.24, 2.45) is 10.9 Å². The van der Waals surface area contributed by atoms with Gasteiger partial charge in [0.15, 0.2) is 15.8 Å². The number of guanidine groups is 1. The maximum Gasteiger partial charge on any atom is 0.191 e. The van der Waals surface area contributed by atoms with Gasteiger partial charge in [0.2, 0.25) is 0 Å². The van der Waals surface area contributed by atoms with E-state index in [2.05, 4.69) is 29.5 Å². The van der Waals surface area contributed by atoms with Crippen molar-refractivity contribution in [1.29, 1.82) is 0 Å². The molecule has 0 amide bonds. The lowest BCUT2D eigenvalue weighted by Crippen LogP contribution is -2.38. The number of hydrogen-bond acceptors (Lipinski definition) is 3. The monoisotopic (exact) mass is 467 g/mol. The minimum Gasteiger partial charge on any atom is -0.357 e. The highest BCUT2D eigenvalue weighted by atomic mass is 127. The Labute approximate surface area is 163 Å². The van der Waals surface area contributed by atoms with Crippen molar-refractivity contribution in [3.05, 3.63) is 29.8 Å². The molecule has 0 aliphatic carbocycles. The molecule has 0 aliphatic rings. The van der Waals surface area contributed by atoms with Crippen LogP contribution in [-0.2, 0) is 16.3 Å². The van der Waals surface area contributed by atoms with E-state index in [1.54, 1.807) is 12.1 Å². The highest BCUT2D eigenvalue weighted by Crippen LogP contribution is 2.10. The second-order valence-electron chi connectivity index (χ2n) is 6.04. The first-order chi connectivity index (χ1) is 10.8. The predicted molar refractivity (Wildman–Crippen MR) is 112 cm³/mol. The normalized spacial score (nSPS) is 12.0. The van der Waals surface area contributed by atoms with Gasteiger partial charge >= 0.3 is 0 Å². The average molecular weight is 467 g/mol. The molecule has 24 heavy (non-hydrogen) atoms. The van der Waals surface area contributed by atoms with Crippen LogP contribution in [0.3, 0.4) is 0 Å². The number of sulfone groups is 1. The third-order valence-corrected chi connectivity index (χ3v) is 4.51. The zero-order chi connectivity index (χ0) is 17.3. The van der Waals surface area contributed by atoms with E-state index in [1.807, 2.05) is 19.1 Å². The van der Waals surface area contributed by atoms with E-state index in [4.69, 9.17) is 0 Å². The molecular weight excluding hydrogens is 437 g/mol. The molecule has 1 rings (SSSR count). The molecule has 0 saturated carbocycles. The third kappa shape index (κ3) is 9.46. The van der Waals surface area contributed by atoms with Gasteiger partial charge in [-0.05, 0) is 43.4 Å². The molecule has 0 aromatic heterocycles. The molecular formula is C17H30IN3O2S. The molecule has 0 bridgehead atoms. The zero-order valence-corrected chi connectivity index (χ0v) is 18.1. The Hall–Kier alpha value is -0.830. The lowest BCUT2D eigenvalue weighted by molar-refractivity contribution is 0.594. The summed E-state index contributed by atoms with van der Waals surface area (Å²) in [6.07, 6.45) is 3.11. The topological polar surface area (TPSA) is 70.6 Å². The summed E-state index contributed by atoms with van der Waals surface area (Å²) in [6, 6.07) is 7.04. The fraction of sp³-hybridized carbons (Fsp3) is 0.588. The van der Waals surface area contributed by atoms with Gasteiger partial charge in [-0.25, -0.2) is 8.42 Å². The summed E-state index contributed by atoms with van der Waals surface area (Å²) >= 11 is 0. The first kappa shape index (κ1) is 23.2. The van der Waals surface area contributed by atoms with Crippen LogP contribution < -0.4 is 10.6 Å². The molecule has 7 heteroatoms. The lowest BCUT2D eigenvalue weighted by atomic mass is 10.1. The van der Waals surface area contributed by atoms with Gasteiger partial charge in [0.05, 0.1) is 4.90 Å². The highest BCUT2D eigenvalue weighted by molar-refractivity contribution is 14.0. The van der Waals surface area contributed by atoms with Crippen molar-refractivity contribution in [3.8, 4) is 0 Å². The Bertz CT molecular complexity index is 599. The number of hydrogen-bond donors (Lipinski definition) is 2. The number of nitrogens with one attached hydrogen (secondary N) is 2. The predicted octanol–water partition coefficient (Wildman–Crippen LogP) is 2.85. The SMILES string of the molecule is CCNC(=NCCC(C)C)NCCc1ccc(S(C)(=O)=O)cc1.I. The number of aliphatic imine (C=N–C) groups is 1. The summed E-state index contributed by atoms with van der Waals surface area (Å²) in [5, 5.41) is 6.54. The van der Waals surface area contributed by atoms with Crippen LogP contribution in [0.1, 0.15) is 32.8 Å². The van der Waals surface area contributed by atoms with Crippen molar-refractivity contribution in [3.63, 3.8) is 0 Å². The Kier molecular flexibility index (Phi) is 11.3. The molecule has 138 valence electrons. The third-order valence-electron chi connectivity index (χ3n) is 3.38. The lowest BCUT2D eigenvalue weighted by Gasteiger charge is -2.12. The first-order valence-corrected chi connectivity index (χ1v) is 10.0. The van der Waals surface area contributed by atoms with Crippen molar-refractivity contribution >= 4 is 39.8 Å². The van der Waals surface area contributed by atoms with E-state index in [0.717, 1.165) is 44.0 Å². The molecule has 5 nitrogen and oxygen atoms in total. The molecule has 0 spiro atoms. The largest absolute Gasteiger partial charge is 0.357 e. The molecule has 0 radical (unpaired) electrons. The summed E-state index contributed by atoms with van der Waals surface area (Å²) < 4.78 is 22.9. The van der Waals surface area contributed by atoms with Crippen LogP contribution in [0.4, 0.5) is 0 Å². The highest BCUT2D eigenvalue weighted by Gasteiger charge is 2.06. The van der Waals surface area contributed by atoms with Gasteiger partial charge in [0, 0.05) is 25.9 Å². The minimum atomic E-state index is -3.12. The van der Waals surface area contributed by atoms with E-state index in [1.165, 1.54) is 6.26 Å². The van der Waals surface area contributed by atoms with Crippen molar-refractivity contribution in [2.45, 2.75) is 38.5 Å².